The summed E-state index contributed by atoms with van der Waals surface area (Å²) in [5.74, 6) is -0.283. The molecule has 0 aliphatic carbocycles. The van der Waals surface area contributed by atoms with E-state index in [1.165, 1.54) is 6.07 Å². The van der Waals surface area contributed by atoms with Crippen molar-refractivity contribution >= 4 is 39.9 Å². The lowest BCUT2D eigenvalue weighted by Gasteiger charge is -2.35. The van der Waals surface area contributed by atoms with Gasteiger partial charge in [0.1, 0.15) is 5.82 Å². The number of nitrogens with zero attached hydrogens (tertiary/aromatic N) is 1. The lowest BCUT2D eigenvalue weighted by atomic mass is 10.1. The van der Waals surface area contributed by atoms with Gasteiger partial charge in [-0.05, 0) is 42.0 Å². The molecule has 0 bridgehead atoms. The minimum atomic E-state index is -0.242. The molecule has 1 aliphatic rings. The third-order valence-electron chi connectivity index (χ3n) is 3.06. The SMILES string of the molecule is CCC(C)N1CC(=O)Nc2cc(I)c(F)cc21. The number of anilines is 2. The Labute approximate surface area is 114 Å². The van der Waals surface area contributed by atoms with Gasteiger partial charge in [-0.25, -0.2) is 4.39 Å². The van der Waals surface area contributed by atoms with Crippen LogP contribution in [0.1, 0.15) is 20.3 Å². The van der Waals surface area contributed by atoms with Crippen LogP contribution in [-0.4, -0.2) is 18.5 Å². The van der Waals surface area contributed by atoms with E-state index in [2.05, 4.69) is 12.2 Å². The van der Waals surface area contributed by atoms with Gasteiger partial charge in [0.25, 0.3) is 0 Å². The van der Waals surface area contributed by atoms with Crippen molar-refractivity contribution in [3.63, 3.8) is 0 Å². The number of nitrogens with one attached hydrogen (secondary N) is 1. The van der Waals surface area contributed by atoms with Crippen LogP contribution in [0.2, 0.25) is 0 Å². The maximum absolute atomic E-state index is 13.6. The molecule has 1 aromatic rings. The molecular formula is C12H14FIN2O. The standard InChI is InChI=1S/C12H14FIN2O/c1-3-7(2)16-6-12(17)15-10-5-9(14)8(13)4-11(10)16/h4-5,7H,3,6H2,1-2H3,(H,15,17). The number of hydrogen-bond acceptors (Lipinski definition) is 2. The molecule has 1 aromatic carbocycles. The predicted octanol–water partition coefficient (Wildman–Crippen LogP) is 2.99. The van der Waals surface area contributed by atoms with Gasteiger partial charge in [0.15, 0.2) is 0 Å². The molecule has 0 saturated carbocycles. The zero-order valence-electron chi connectivity index (χ0n) is 9.76. The quantitative estimate of drug-likeness (QED) is 0.834. The highest BCUT2D eigenvalue weighted by Gasteiger charge is 2.26. The van der Waals surface area contributed by atoms with Crippen LogP contribution >= 0.6 is 22.6 Å². The average Bonchev–Trinajstić information content (AvgIpc) is 2.29. The van der Waals surface area contributed by atoms with Crippen molar-refractivity contribution in [1.29, 1.82) is 0 Å². The van der Waals surface area contributed by atoms with Crippen LogP contribution < -0.4 is 10.2 Å². The second-order valence-electron chi connectivity index (χ2n) is 4.22. The smallest absolute Gasteiger partial charge is 0.243 e. The van der Waals surface area contributed by atoms with Crippen molar-refractivity contribution in [2.24, 2.45) is 0 Å². The van der Waals surface area contributed by atoms with Crippen LogP contribution in [0.15, 0.2) is 12.1 Å². The number of amides is 1. The minimum absolute atomic E-state index is 0.0415. The van der Waals surface area contributed by atoms with E-state index in [0.29, 0.717) is 15.8 Å². The Hall–Kier alpha value is -0.850. The van der Waals surface area contributed by atoms with Crippen LogP contribution in [0, 0.1) is 9.39 Å². The second-order valence-corrected chi connectivity index (χ2v) is 5.38. The molecule has 0 radical (unpaired) electrons. The molecule has 1 heterocycles. The Balaban J connectivity index is 2.48. The summed E-state index contributed by atoms with van der Waals surface area (Å²) in [5.41, 5.74) is 1.48. The Morgan fingerprint density at radius 2 is 2.29 bits per heavy atom. The average molecular weight is 348 g/mol. The fourth-order valence-corrected chi connectivity index (χ4v) is 2.38. The topological polar surface area (TPSA) is 32.3 Å². The zero-order valence-corrected chi connectivity index (χ0v) is 11.9. The molecule has 1 aliphatic heterocycles. The minimum Gasteiger partial charge on any atom is -0.358 e. The van der Waals surface area contributed by atoms with E-state index in [9.17, 15) is 9.18 Å². The second kappa shape index (κ2) is 4.80. The summed E-state index contributed by atoms with van der Waals surface area (Å²) in [6.07, 6.45) is 0.917. The van der Waals surface area contributed by atoms with Crippen molar-refractivity contribution in [2.75, 3.05) is 16.8 Å². The summed E-state index contributed by atoms with van der Waals surface area (Å²) in [5, 5.41) is 2.78. The Morgan fingerprint density at radius 3 is 2.94 bits per heavy atom. The first-order valence-corrected chi connectivity index (χ1v) is 6.66. The van der Waals surface area contributed by atoms with Crippen molar-refractivity contribution in [2.45, 2.75) is 26.3 Å². The summed E-state index contributed by atoms with van der Waals surface area (Å²) < 4.78 is 14.1. The molecule has 5 heteroatoms. The summed E-state index contributed by atoms with van der Waals surface area (Å²) in [4.78, 5) is 13.6. The fourth-order valence-electron chi connectivity index (χ4n) is 1.92. The summed E-state index contributed by atoms with van der Waals surface area (Å²) in [6, 6.07) is 3.40. The number of halogens is 2. The van der Waals surface area contributed by atoms with E-state index < -0.39 is 0 Å². The third-order valence-corrected chi connectivity index (χ3v) is 3.89. The Kier molecular flexibility index (Phi) is 3.56. The summed E-state index contributed by atoms with van der Waals surface area (Å²) >= 11 is 1.93. The number of benzene rings is 1. The molecule has 0 spiro atoms. The van der Waals surface area contributed by atoms with Crippen LogP contribution in [-0.2, 0) is 4.79 Å². The molecule has 17 heavy (non-hydrogen) atoms. The molecular weight excluding hydrogens is 334 g/mol. The molecule has 3 nitrogen and oxygen atoms in total. The monoisotopic (exact) mass is 348 g/mol. The highest BCUT2D eigenvalue weighted by atomic mass is 127. The molecule has 92 valence electrons. The highest BCUT2D eigenvalue weighted by Crippen LogP contribution is 2.34. The van der Waals surface area contributed by atoms with Crippen LogP contribution in [0.4, 0.5) is 15.8 Å². The Bertz CT molecular complexity index is 464. The van der Waals surface area contributed by atoms with Crippen molar-refractivity contribution in [3.05, 3.63) is 21.5 Å². The van der Waals surface area contributed by atoms with E-state index in [-0.39, 0.29) is 17.8 Å². The van der Waals surface area contributed by atoms with Gasteiger partial charge >= 0.3 is 0 Å². The first-order valence-electron chi connectivity index (χ1n) is 5.58. The molecule has 1 N–H and O–H groups in total. The van der Waals surface area contributed by atoms with E-state index in [1.807, 2.05) is 34.4 Å². The first kappa shape index (κ1) is 12.6. The maximum Gasteiger partial charge on any atom is 0.243 e. The largest absolute Gasteiger partial charge is 0.358 e. The summed E-state index contributed by atoms with van der Waals surface area (Å²) in [6.45, 7) is 4.39. The molecule has 0 aromatic heterocycles. The number of fused-ring (bicyclic) bond motifs is 1. The van der Waals surface area contributed by atoms with Crippen LogP contribution in [0.3, 0.4) is 0 Å². The maximum atomic E-state index is 13.6. The molecule has 0 fully saturated rings. The van der Waals surface area contributed by atoms with Gasteiger partial charge in [-0.15, -0.1) is 0 Å². The van der Waals surface area contributed by atoms with Gasteiger partial charge < -0.3 is 10.2 Å². The molecule has 1 amide bonds. The molecule has 2 rings (SSSR count). The predicted molar refractivity (Wildman–Crippen MR) is 74.8 cm³/mol. The van der Waals surface area contributed by atoms with Crippen LogP contribution in [0.25, 0.3) is 0 Å². The van der Waals surface area contributed by atoms with Crippen molar-refractivity contribution < 1.29 is 9.18 Å². The molecule has 0 saturated heterocycles. The van der Waals surface area contributed by atoms with Crippen molar-refractivity contribution in [3.8, 4) is 0 Å². The number of hydrogen-bond donors (Lipinski definition) is 1. The first-order chi connectivity index (χ1) is 8.02. The lowest BCUT2D eigenvalue weighted by Crippen LogP contribution is -2.43. The highest BCUT2D eigenvalue weighted by molar-refractivity contribution is 14.1. The normalized spacial score (nSPS) is 16.5. The number of carbonyl (C=O) groups is 1. The third kappa shape index (κ3) is 2.38. The molecule has 1 unspecified atom stereocenters. The van der Waals surface area contributed by atoms with E-state index in [4.69, 9.17) is 0 Å². The van der Waals surface area contributed by atoms with E-state index in [0.717, 1.165) is 12.1 Å². The number of carbonyl (C=O) groups excluding carboxylic acids is 1. The van der Waals surface area contributed by atoms with Gasteiger partial charge in [-0.2, -0.15) is 0 Å². The van der Waals surface area contributed by atoms with Gasteiger partial charge in [-0.1, -0.05) is 6.92 Å². The molecule has 1 atom stereocenters. The van der Waals surface area contributed by atoms with Crippen molar-refractivity contribution in [1.82, 2.24) is 0 Å². The van der Waals surface area contributed by atoms with Gasteiger partial charge in [0, 0.05) is 12.1 Å². The van der Waals surface area contributed by atoms with Gasteiger partial charge in [0.2, 0.25) is 5.91 Å². The number of rotatable bonds is 2. The van der Waals surface area contributed by atoms with E-state index >= 15 is 0 Å². The summed E-state index contributed by atoms with van der Waals surface area (Å²) in [7, 11) is 0. The Morgan fingerprint density at radius 1 is 1.59 bits per heavy atom. The van der Waals surface area contributed by atoms with Crippen LogP contribution in [0.5, 0.6) is 0 Å². The van der Waals surface area contributed by atoms with Gasteiger partial charge in [-0.3, -0.25) is 4.79 Å². The zero-order chi connectivity index (χ0) is 12.6. The van der Waals surface area contributed by atoms with E-state index in [1.54, 1.807) is 6.07 Å². The van der Waals surface area contributed by atoms with Gasteiger partial charge in [0.05, 0.1) is 21.5 Å². The lowest BCUT2D eigenvalue weighted by molar-refractivity contribution is -0.115. The fraction of sp³-hybridized carbons (Fsp3) is 0.417.